The molecule has 5 nitrogen and oxygen atoms in total. The first kappa shape index (κ1) is 26.7. The van der Waals surface area contributed by atoms with E-state index in [9.17, 15) is 9.59 Å². The van der Waals surface area contributed by atoms with Crippen molar-refractivity contribution in [2.24, 2.45) is 11.8 Å². The van der Waals surface area contributed by atoms with Gasteiger partial charge >= 0.3 is 0 Å². The van der Waals surface area contributed by atoms with E-state index in [-0.39, 0.29) is 35.5 Å². The van der Waals surface area contributed by atoms with Crippen molar-refractivity contribution < 1.29 is 14.0 Å². The van der Waals surface area contributed by atoms with Gasteiger partial charge in [0, 0.05) is 42.3 Å². The Morgan fingerprint density at radius 1 is 0.943 bits per heavy atom. The number of hydrogen-bond donors (Lipinski definition) is 1. The SMILES string of the molecule is CCC(CC)C(=O)Nc1ccc(N2CCC(N(C(=O)C(CC)CC)c3ccccc3)CC2)c(F)c1. The third-order valence-electron chi connectivity index (χ3n) is 7.35. The van der Waals surface area contributed by atoms with Crippen molar-refractivity contribution in [3.05, 3.63) is 54.3 Å². The minimum Gasteiger partial charge on any atom is -0.369 e. The molecule has 2 aromatic carbocycles. The number of benzene rings is 2. The van der Waals surface area contributed by atoms with Crippen LogP contribution in [0.4, 0.5) is 21.5 Å². The molecule has 35 heavy (non-hydrogen) atoms. The lowest BCUT2D eigenvalue weighted by Gasteiger charge is -2.40. The number of carbonyl (C=O) groups is 2. The lowest BCUT2D eigenvalue weighted by molar-refractivity contribution is -0.123. The van der Waals surface area contributed by atoms with Gasteiger partial charge in [-0.25, -0.2) is 4.39 Å². The number of nitrogens with zero attached hydrogens (tertiary/aromatic N) is 2. The van der Waals surface area contributed by atoms with Crippen LogP contribution in [0.3, 0.4) is 0 Å². The van der Waals surface area contributed by atoms with E-state index >= 15 is 4.39 Å². The van der Waals surface area contributed by atoms with Gasteiger partial charge in [0.05, 0.1) is 5.69 Å². The van der Waals surface area contributed by atoms with E-state index in [1.165, 1.54) is 6.07 Å². The zero-order chi connectivity index (χ0) is 25.4. The average molecular weight is 482 g/mol. The summed E-state index contributed by atoms with van der Waals surface area (Å²) in [6, 6.07) is 14.9. The molecular weight excluding hydrogens is 441 g/mol. The number of para-hydroxylation sites is 1. The van der Waals surface area contributed by atoms with E-state index in [1.54, 1.807) is 12.1 Å². The molecule has 0 unspecified atom stereocenters. The molecule has 0 radical (unpaired) electrons. The fraction of sp³-hybridized carbons (Fsp3) is 0.517. The maximum atomic E-state index is 15.0. The highest BCUT2D eigenvalue weighted by atomic mass is 19.1. The first-order chi connectivity index (χ1) is 16.9. The fourth-order valence-corrected chi connectivity index (χ4v) is 5.05. The minimum absolute atomic E-state index is 0.00782. The van der Waals surface area contributed by atoms with Crippen LogP contribution in [0.5, 0.6) is 0 Å². The Hall–Kier alpha value is -2.89. The smallest absolute Gasteiger partial charge is 0.230 e. The Balaban J connectivity index is 1.71. The van der Waals surface area contributed by atoms with Crippen molar-refractivity contribution in [3.8, 4) is 0 Å². The Bertz CT molecular complexity index is 965. The summed E-state index contributed by atoms with van der Waals surface area (Å²) in [5.41, 5.74) is 1.97. The second-order valence-corrected chi connectivity index (χ2v) is 9.44. The number of anilines is 3. The van der Waals surface area contributed by atoms with Crippen LogP contribution >= 0.6 is 0 Å². The Kier molecular flexibility index (Phi) is 9.70. The van der Waals surface area contributed by atoms with Gasteiger partial charge in [0.2, 0.25) is 11.8 Å². The lowest BCUT2D eigenvalue weighted by atomic mass is 9.96. The summed E-state index contributed by atoms with van der Waals surface area (Å²) < 4.78 is 15.0. The number of rotatable bonds is 10. The molecule has 1 N–H and O–H groups in total. The van der Waals surface area contributed by atoms with Crippen LogP contribution in [0.2, 0.25) is 0 Å². The monoisotopic (exact) mass is 481 g/mol. The first-order valence-corrected chi connectivity index (χ1v) is 13.2. The molecule has 1 aliphatic heterocycles. The normalized spacial score (nSPS) is 14.4. The topological polar surface area (TPSA) is 52.7 Å². The van der Waals surface area contributed by atoms with Gasteiger partial charge in [-0.3, -0.25) is 9.59 Å². The molecular formula is C29H40FN3O2. The van der Waals surface area contributed by atoms with Crippen molar-refractivity contribution in [2.45, 2.75) is 72.3 Å². The second kappa shape index (κ2) is 12.7. The van der Waals surface area contributed by atoms with E-state index < -0.39 is 0 Å². The van der Waals surface area contributed by atoms with E-state index in [1.807, 2.05) is 54.0 Å². The highest BCUT2D eigenvalue weighted by molar-refractivity contribution is 5.95. The van der Waals surface area contributed by atoms with Gasteiger partial charge in [-0.2, -0.15) is 0 Å². The lowest BCUT2D eigenvalue weighted by Crippen LogP contribution is -2.49. The molecule has 1 fully saturated rings. The Labute approximate surface area is 209 Å². The summed E-state index contributed by atoms with van der Waals surface area (Å²) in [5, 5.41) is 2.85. The molecule has 0 saturated carbocycles. The summed E-state index contributed by atoms with van der Waals surface area (Å²) in [6.07, 6.45) is 4.71. The van der Waals surface area contributed by atoms with Crippen LogP contribution in [0.25, 0.3) is 0 Å². The van der Waals surface area contributed by atoms with Crippen LogP contribution in [-0.4, -0.2) is 30.9 Å². The predicted molar refractivity (Wildman–Crippen MR) is 142 cm³/mol. The fourth-order valence-electron chi connectivity index (χ4n) is 5.05. The number of piperidine rings is 1. The second-order valence-electron chi connectivity index (χ2n) is 9.44. The van der Waals surface area contributed by atoms with E-state index in [0.29, 0.717) is 24.5 Å². The van der Waals surface area contributed by atoms with Crippen LogP contribution in [0.15, 0.2) is 48.5 Å². The van der Waals surface area contributed by atoms with Gasteiger partial charge in [0.25, 0.3) is 0 Å². The van der Waals surface area contributed by atoms with Gasteiger partial charge in [0.15, 0.2) is 0 Å². The summed E-state index contributed by atoms with van der Waals surface area (Å²) in [7, 11) is 0. The number of amides is 2. The quantitative estimate of drug-likeness (QED) is 0.414. The molecule has 1 aliphatic rings. The standard InChI is InChI=1S/C29H40FN3O2/c1-5-21(6-2)28(34)31-23-14-15-27(26(30)20-23)32-18-16-25(17-19-32)33(24-12-10-9-11-13-24)29(35)22(7-3)8-4/h9-15,20-22,25H,5-8,16-19H2,1-4H3,(H,31,34). The summed E-state index contributed by atoms with van der Waals surface area (Å²) in [4.78, 5) is 29.8. The van der Waals surface area contributed by atoms with Crippen molar-refractivity contribution in [1.29, 1.82) is 0 Å². The van der Waals surface area contributed by atoms with Gasteiger partial charge in [0.1, 0.15) is 5.82 Å². The van der Waals surface area contributed by atoms with Gasteiger partial charge < -0.3 is 15.1 Å². The maximum Gasteiger partial charge on any atom is 0.230 e. The van der Waals surface area contributed by atoms with Gasteiger partial charge in [-0.1, -0.05) is 45.9 Å². The molecule has 3 rings (SSSR count). The van der Waals surface area contributed by atoms with Crippen molar-refractivity contribution >= 4 is 28.9 Å². The average Bonchev–Trinajstić information content (AvgIpc) is 2.87. The summed E-state index contributed by atoms with van der Waals surface area (Å²) >= 11 is 0. The third kappa shape index (κ3) is 6.41. The zero-order valence-electron chi connectivity index (χ0n) is 21.6. The number of carbonyl (C=O) groups excluding carboxylic acids is 2. The number of hydrogen-bond acceptors (Lipinski definition) is 3. The van der Waals surface area contributed by atoms with Gasteiger partial charge in [-0.05, 0) is 68.9 Å². The minimum atomic E-state index is -0.334. The molecule has 190 valence electrons. The molecule has 0 atom stereocenters. The van der Waals surface area contributed by atoms with Gasteiger partial charge in [-0.15, -0.1) is 0 Å². The predicted octanol–water partition coefficient (Wildman–Crippen LogP) is 6.64. The maximum absolute atomic E-state index is 15.0. The van der Waals surface area contributed by atoms with Crippen molar-refractivity contribution in [2.75, 3.05) is 28.2 Å². The molecule has 0 spiro atoms. The molecule has 0 bridgehead atoms. The highest BCUT2D eigenvalue weighted by Crippen LogP contribution is 2.31. The highest BCUT2D eigenvalue weighted by Gasteiger charge is 2.32. The van der Waals surface area contributed by atoms with E-state index in [0.717, 1.165) is 44.2 Å². The van der Waals surface area contributed by atoms with Crippen LogP contribution in [-0.2, 0) is 9.59 Å². The summed E-state index contributed by atoms with van der Waals surface area (Å²) in [5.74, 6) is -0.270. The van der Waals surface area contributed by atoms with Crippen molar-refractivity contribution in [3.63, 3.8) is 0 Å². The molecule has 0 aliphatic carbocycles. The van der Waals surface area contributed by atoms with Crippen LogP contribution < -0.4 is 15.1 Å². The molecule has 2 aromatic rings. The third-order valence-corrected chi connectivity index (χ3v) is 7.35. The largest absolute Gasteiger partial charge is 0.369 e. The van der Waals surface area contributed by atoms with E-state index in [2.05, 4.69) is 19.2 Å². The van der Waals surface area contributed by atoms with Crippen LogP contribution in [0.1, 0.15) is 66.2 Å². The molecule has 0 aromatic heterocycles. The Morgan fingerprint density at radius 3 is 2.09 bits per heavy atom. The van der Waals surface area contributed by atoms with Crippen LogP contribution in [0, 0.1) is 17.7 Å². The summed E-state index contributed by atoms with van der Waals surface area (Å²) in [6.45, 7) is 9.44. The number of nitrogens with one attached hydrogen (secondary N) is 1. The molecule has 1 saturated heterocycles. The molecule has 6 heteroatoms. The number of halogens is 1. The Morgan fingerprint density at radius 2 is 1.54 bits per heavy atom. The van der Waals surface area contributed by atoms with E-state index in [4.69, 9.17) is 0 Å². The first-order valence-electron chi connectivity index (χ1n) is 13.2. The van der Waals surface area contributed by atoms with Crippen molar-refractivity contribution in [1.82, 2.24) is 0 Å². The zero-order valence-corrected chi connectivity index (χ0v) is 21.6. The molecule has 2 amide bonds. The molecule has 1 heterocycles.